The molecule has 2 heterocycles. The van der Waals surface area contributed by atoms with Crippen LogP contribution < -0.4 is 15.5 Å². The molecule has 1 aliphatic rings. The van der Waals surface area contributed by atoms with Crippen molar-refractivity contribution in [2.24, 2.45) is 4.99 Å². The van der Waals surface area contributed by atoms with Crippen LogP contribution in [0.15, 0.2) is 53.7 Å². The summed E-state index contributed by atoms with van der Waals surface area (Å²) in [6.45, 7) is 7.71. The molecule has 0 saturated carbocycles. The Balaban J connectivity index is 1.56. The molecule has 0 unspecified atom stereocenters. The van der Waals surface area contributed by atoms with Crippen molar-refractivity contribution in [3.63, 3.8) is 0 Å². The van der Waals surface area contributed by atoms with Crippen molar-refractivity contribution in [1.29, 1.82) is 0 Å². The van der Waals surface area contributed by atoms with Crippen LogP contribution in [0.2, 0.25) is 0 Å². The second-order valence-corrected chi connectivity index (χ2v) is 6.14. The van der Waals surface area contributed by atoms with E-state index in [-0.39, 0.29) is 0 Å². The SMILES string of the molecule is CCNC(=NCc1ccc(N2CCOCC2)cc1)NCc1ccccn1. The highest BCUT2D eigenvalue weighted by molar-refractivity contribution is 5.79. The van der Waals surface area contributed by atoms with Crippen LogP contribution in [-0.2, 0) is 17.8 Å². The maximum absolute atomic E-state index is 5.41. The number of pyridine rings is 1. The van der Waals surface area contributed by atoms with Crippen LogP contribution in [-0.4, -0.2) is 43.8 Å². The molecule has 2 N–H and O–H groups in total. The van der Waals surface area contributed by atoms with Gasteiger partial charge in [-0.2, -0.15) is 0 Å². The molecule has 6 nitrogen and oxygen atoms in total. The first-order valence-electron chi connectivity index (χ1n) is 9.19. The molecule has 0 bridgehead atoms. The van der Waals surface area contributed by atoms with E-state index in [4.69, 9.17) is 4.74 Å². The minimum Gasteiger partial charge on any atom is -0.378 e. The van der Waals surface area contributed by atoms with Gasteiger partial charge in [0.1, 0.15) is 0 Å². The predicted octanol–water partition coefficient (Wildman–Crippen LogP) is 2.17. The van der Waals surface area contributed by atoms with E-state index in [1.807, 2.05) is 18.2 Å². The fourth-order valence-corrected chi connectivity index (χ4v) is 2.82. The van der Waals surface area contributed by atoms with Crippen molar-refractivity contribution in [2.45, 2.75) is 20.0 Å². The molecule has 1 aliphatic heterocycles. The van der Waals surface area contributed by atoms with Crippen LogP contribution in [0.1, 0.15) is 18.2 Å². The number of hydrogen-bond acceptors (Lipinski definition) is 4. The average molecular weight is 353 g/mol. The smallest absolute Gasteiger partial charge is 0.191 e. The number of morpholine rings is 1. The monoisotopic (exact) mass is 353 g/mol. The van der Waals surface area contributed by atoms with E-state index < -0.39 is 0 Å². The van der Waals surface area contributed by atoms with Crippen molar-refractivity contribution in [1.82, 2.24) is 15.6 Å². The van der Waals surface area contributed by atoms with Crippen molar-refractivity contribution in [3.8, 4) is 0 Å². The Morgan fingerprint density at radius 2 is 1.92 bits per heavy atom. The molecule has 2 aromatic rings. The Bertz CT molecular complexity index is 681. The van der Waals surface area contributed by atoms with Gasteiger partial charge in [-0.25, -0.2) is 4.99 Å². The number of hydrogen-bond donors (Lipinski definition) is 2. The summed E-state index contributed by atoms with van der Waals surface area (Å²) < 4.78 is 5.41. The van der Waals surface area contributed by atoms with Crippen molar-refractivity contribution >= 4 is 11.6 Å². The van der Waals surface area contributed by atoms with Crippen molar-refractivity contribution in [3.05, 3.63) is 59.9 Å². The number of aromatic nitrogens is 1. The molecule has 0 atom stereocenters. The first-order chi connectivity index (χ1) is 12.8. The molecule has 138 valence electrons. The molecular formula is C20H27N5O. The van der Waals surface area contributed by atoms with Gasteiger partial charge in [-0.1, -0.05) is 18.2 Å². The number of anilines is 1. The predicted molar refractivity (Wildman–Crippen MR) is 105 cm³/mol. The van der Waals surface area contributed by atoms with Gasteiger partial charge in [0.25, 0.3) is 0 Å². The normalized spacial score (nSPS) is 15.0. The summed E-state index contributed by atoms with van der Waals surface area (Å²) in [6.07, 6.45) is 1.80. The molecule has 0 aliphatic carbocycles. The van der Waals surface area contributed by atoms with Gasteiger partial charge in [0.15, 0.2) is 5.96 Å². The summed E-state index contributed by atoms with van der Waals surface area (Å²) in [5.74, 6) is 0.801. The van der Waals surface area contributed by atoms with E-state index in [2.05, 4.69) is 56.7 Å². The Labute approximate surface area is 155 Å². The lowest BCUT2D eigenvalue weighted by atomic mass is 10.2. The molecule has 0 spiro atoms. The van der Waals surface area contributed by atoms with Crippen molar-refractivity contribution in [2.75, 3.05) is 37.7 Å². The van der Waals surface area contributed by atoms with Gasteiger partial charge in [0, 0.05) is 31.5 Å². The number of guanidine groups is 1. The molecule has 1 fully saturated rings. The van der Waals surface area contributed by atoms with Crippen LogP contribution in [0.3, 0.4) is 0 Å². The van der Waals surface area contributed by atoms with E-state index in [0.717, 1.165) is 44.5 Å². The van der Waals surface area contributed by atoms with Gasteiger partial charge in [-0.3, -0.25) is 4.98 Å². The van der Waals surface area contributed by atoms with Crippen LogP contribution in [0.5, 0.6) is 0 Å². The summed E-state index contributed by atoms with van der Waals surface area (Å²) >= 11 is 0. The highest BCUT2D eigenvalue weighted by Crippen LogP contribution is 2.17. The van der Waals surface area contributed by atoms with Crippen LogP contribution in [0.4, 0.5) is 5.69 Å². The third-order valence-electron chi connectivity index (χ3n) is 4.24. The Kier molecular flexibility index (Phi) is 6.84. The van der Waals surface area contributed by atoms with Crippen LogP contribution in [0, 0.1) is 0 Å². The molecule has 0 amide bonds. The second kappa shape index (κ2) is 9.77. The molecule has 1 saturated heterocycles. The van der Waals surface area contributed by atoms with E-state index in [1.165, 1.54) is 11.3 Å². The van der Waals surface area contributed by atoms with E-state index in [1.54, 1.807) is 6.20 Å². The molecular weight excluding hydrogens is 326 g/mol. The quantitative estimate of drug-likeness (QED) is 0.616. The van der Waals surface area contributed by atoms with E-state index in [9.17, 15) is 0 Å². The lowest BCUT2D eigenvalue weighted by Gasteiger charge is -2.28. The average Bonchev–Trinajstić information content (AvgIpc) is 2.72. The summed E-state index contributed by atoms with van der Waals surface area (Å²) in [5.41, 5.74) is 3.44. The number of rotatable bonds is 6. The highest BCUT2D eigenvalue weighted by atomic mass is 16.5. The highest BCUT2D eigenvalue weighted by Gasteiger charge is 2.10. The molecule has 1 aromatic heterocycles. The minimum atomic E-state index is 0.640. The summed E-state index contributed by atoms with van der Waals surface area (Å²) in [5, 5.41) is 6.60. The zero-order chi connectivity index (χ0) is 18.0. The minimum absolute atomic E-state index is 0.640. The summed E-state index contributed by atoms with van der Waals surface area (Å²) in [4.78, 5) is 11.4. The van der Waals surface area contributed by atoms with Gasteiger partial charge in [0.2, 0.25) is 0 Å². The standard InChI is InChI=1S/C20H27N5O/c1-2-21-20(24-16-18-5-3-4-10-22-18)23-15-17-6-8-19(9-7-17)25-11-13-26-14-12-25/h3-10H,2,11-16H2,1H3,(H2,21,23,24). The number of nitrogens with zero attached hydrogens (tertiary/aromatic N) is 3. The van der Waals surface area contributed by atoms with Gasteiger partial charge in [0.05, 0.1) is 32.0 Å². The maximum Gasteiger partial charge on any atom is 0.191 e. The number of aliphatic imine (C=N–C) groups is 1. The molecule has 6 heteroatoms. The van der Waals surface area contributed by atoms with E-state index in [0.29, 0.717) is 13.1 Å². The Hall–Kier alpha value is -2.60. The summed E-state index contributed by atoms with van der Waals surface area (Å²) in [7, 11) is 0. The zero-order valence-corrected chi connectivity index (χ0v) is 15.3. The number of benzene rings is 1. The third kappa shape index (κ3) is 5.46. The fraction of sp³-hybridized carbons (Fsp3) is 0.400. The molecule has 1 aromatic carbocycles. The first kappa shape index (κ1) is 18.2. The lowest BCUT2D eigenvalue weighted by molar-refractivity contribution is 0.122. The Morgan fingerprint density at radius 1 is 1.12 bits per heavy atom. The topological polar surface area (TPSA) is 61.8 Å². The van der Waals surface area contributed by atoms with E-state index >= 15 is 0 Å². The maximum atomic E-state index is 5.41. The largest absolute Gasteiger partial charge is 0.378 e. The number of nitrogens with one attached hydrogen (secondary N) is 2. The first-order valence-corrected chi connectivity index (χ1v) is 9.19. The van der Waals surface area contributed by atoms with Crippen LogP contribution >= 0.6 is 0 Å². The Morgan fingerprint density at radius 3 is 2.62 bits per heavy atom. The van der Waals surface area contributed by atoms with Gasteiger partial charge in [-0.15, -0.1) is 0 Å². The van der Waals surface area contributed by atoms with Crippen molar-refractivity contribution < 1.29 is 4.74 Å². The summed E-state index contributed by atoms with van der Waals surface area (Å²) in [6, 6.07) is 14.6. The fourth-order valence-electron chi connectivity index (χ4n) is 2.82. The number of ether oxygens (including phenoxy) is 1. The van der Waals surface area contributed by atoms with Crippen LogP contribution in [0.25, 0.3) is 0 Å². The zero-order valence-electron chi connectivity index (χ0n) is 15.3. The van der Waals surface area contributed by atoms with Gasteiger partial charge < -0.3 is 20.3 Å². The molecule has 26 heavy (non-hydrogen) atoms. The lowest BCUT2D eigenvalue weighted by Crippen LogP contribution is -2.37. The third-order valence-corrected chi connectivity index (χ3v) is 4.24. The van der Waals surface area contributed by atoms with Gasteiger partial charge >= 0.3 is 0 Å². The van der Waals surface area contributed by atoms with Gasteiger partial charge in [-0.05, 0) is 36.8 Å². The second-order valence-electron chi connectivity index (χ2n) is 6.14. The molecule has 0 radical (unpaired) electrons. The molecule has 3 rings (SSSR count).